The van der Waals surface area contributed by atoms with E-state index in [-0.39, 0.29) is 35.4 Å². The maximum atomic E-state index is 11.8. The van der Waals surface area contributed by atoms with Crippen LogP contribution in [0.5, 0.6) is 11.5 Å². The standard InChI is InChI=1S/C14H21NO4/c1-3-9(4-2)13(18)8-15-14(19)10-5-6-11(16)12(17)7-10/h5-7,9,13,16-18H,3-4,8H2,1-2H3,(H,15,19). The van der Waals surface area contributed by atoms with Crippen LogP contribution in [0.3, 0.4) is 0 Å². The minimum Gasteiger partial charge on any atom is -0.504 e. The van der Waals surface area contributed by atoms with Crippen molar-refractivity contribution in [1.82, 2.24) is 5.32 Å². The summed E-state index contributed by atoms with van der Waals surface area (Å²) in [5.74, 6) is -0.837. The molecule has 4 N–H and O–H groups in total. The number of carbonyl (C=O) groups excluding carboxylic acids is 1. The molecular formula is C14H21NO4. The Hall–Kier alpha value is -1.75. The number of aliphatic hydroxyl groups excluding tert-OH is 1. The largest absolute Gasteiger partial charge is 0.504 e. The molecule has 0 aliphatic carbocycles. The highest BCUT2D eigenvalue weighted by Crippen LogP contribution is 2.24. The van der Waals surface area contributed by atoms with Gasteiger partial charge in [-0.15, -0.1) is 0 Å². The Morgan fingerprint density at radius 3 is 2.37 bits per heavy atom. The minimum atomic E-state index is -0.579. The van der Waals surface area contributed by atoms with E-state index in [0.29, 0.717) is 0 Å². The third-order valence-electron chi connectivity index (χ3n) is 3.30. The Bertz CT molecular complexity index is 429. The highest BCUT2D eigenvalue weighted by molar-refractivity contribution is 5.94. The van der Waals surface area contributed by atoms with E-state index in [4.69, 9.17) is 5.11 Å². The molecule has 1 aromatic carbocycles. The van der Waals surface area contributed by atoms with Crippen molar-refractivity contribution in [1.29, 1.82) is 0 Å². The van der Waals surface area contributed by atoms with Gasteiger partial charge in [0.15, 0.2) is 11.5 Å². The van der Waals surface area contributed by atoms with E-state index in [2.05, 4.69) is 5.32 Å². The van der Waals surface area contributed by atoms with Crippen LogP contribution in [0.1, 0.15) is 37.0 Å². The van der Waals surface area contributed by atoms with Gasteiger partial charge in [-0.05, 0) is 24.1 Å². The molecule has 0 radical (unpaired) electrons. The van der Waals surface area contributed by atoms with Crippen LogP contribution in [-0.2, 0) is 0 Å². The van der Waals surface area contributed by atoms with Gasteiger partial charge in [-0.3, -0.25) is 4.79 Å². The number of nitrogens with one attached hydrogen (secondary N) is 1. The molecule has 1 amide bonds. The van der Waals surface area contributed by atoms with Crippen molar-refractivity contribution in [2.24, 2.45) is 5.92 Å². The number of aliphatic hydroxyl groups is 1. The highest BCUT2D eigenvalue weighted by atomic mass is 16.3. The van der Waals surface area contributed by atoms with E-state index in [0.717, 1.165) is 12.8 Å². The summed E-state index contributed by atoms with van der Waals surface area (Å²) >= 11 is 0. The highest BCUT2D eigenvalue weighted by Gasteiger charge is 2.17. The van der Waals surface area contributed by atoms with Crippen LogP contribution in [0.2, 0.25) is 0 Å². The first-order chi connectivity index (χ1) is 8.99. The number of amides is 1. The van der Waals surface area contributed by atoms with Crippen LogP contribution < -0.4 is 5.32 Å². The molecule has 1 unspecified atom stereocenters. The Labute approximate surface area is 112 Å². The lowest BCUT2D eigenvalue weighted by molar-refractivity contribution is 0.0816. The van der Waals surface area contributed by atoms with Gasteiger partial charge in [0, 0.05) is 12.1 Å². The fourth-order valence-corrected chi connectivity index (χ4v) is 1.96. The van der Waals surface area contributed by atoms with E-state index < -0.39 is 6.10 Å². The van der Waals surface area contributed by atoms with E-state index in [1.165, 1.54) is 18.2 Å². The van der Waals surface area contributed by atoms with E-state index in [1.807, 2.05) is 13.8 Å². The van der Waals surface area contributed by atoms with Gasteiger partial charge in [0.25, 0.3) is 5.91 Å². The van der Waals surface area contributed by atoms with Gasteiger partial charge in [-0.25, -0.2) is 0 Å². The molecule has 0 spiro atoms. The monoisotopic (exact) mass is 267 g/mol. The van der Waals surface area contributed by atoms with Crippen LogP contribution in [-0.4, -0.2) is 33.9 Å². The van der Waals surface area contributed by atoms with Crippen LogP contribution in [0.4, 0.5) is 0 Å². The molecule has 0 saturated heterocycles. The zero-order valence-electron chi connectivity index (χ0n) is 11.3. The average molecular weight is 267 g/mol. The molecule has 106 valence electrons. The third kappa shape index (κ3) is 4.13. The number of hydrogen-bond acceptors (Lipinski definition) is 4. The van der Waals surface area contributed by atoms with Crippen molar-refractivity contribution in [2.75, 3.05) is 6.54 Å². The fourth-order valence-electron chi connectivity index (χ4n) is 1.96. The number of carbonyl (C=O) groups is 1. The van der Waals surface area contributed by atoms with Gasteiger partial charge < -0.3 is 20.6 Å². The predicted octanol–water partition coefficient (Wildman–Crippen LogP) is 1.62. The van der Waals surface area contributed by atoms with Crippen molar-refractivity contribution in [3.05, 3.63) is 23.8 Å². The summed E-state index contributed by atoms with van der Waals surface area (Å²) < 4.78 is 0. The lowest BCUT2D eigenvalue weighted by Crippen LogP contribution is -2.36. The molecular weight excluding hydrogens is 246 g/mol. The molecule has 0 bridgehead atoms. The Morgan fingerprint density at radius 2 is 1.84 bits per heavy atom. The normalized spacial score (nSPS) is 12.4. The maximum Gasteiger partial charge on any atom is 0.251 e. The molecule has 0 saturated carbocycles. The molecule has 1 atom stereocenters. The van der Waals surface area contributed by atoms with Gasteiger partial charge in [0.1, 0.15) is 0 Å². The molecule has 0 aromatic heterocycles. The van der Waals surface area contributed by atoms with Crippen molar-refractivity contribution < 1.29 is 20.1 Å². The number of phenols is 2. The van der Waals surface area contributed by atoms with E-state index >= 15 is 0 Å². The molecule has 1 aromatic rings. The van der Waals surface area contributed by atoms with Gasteiger partial charge in [-0.1, -0.05) is 26.7 Å². The summed E-state index contributed by atoms with van der Waals surface area (Å²) in [4.78, 5) is 11.8. The summed E-state index contributed by atoms with van der Waals surface area (Å²) in [5, 5.41) is 31.0. The van der Waals surface area contributed by atoms with Crippen molar-refractivity contribution >= 4 is 5.91 Å². The lowest BCUT2D eigenvalue weighted by atomic mass is 9.96. The van der Waals surface area contributed by atoms with Crippen LogP contribution >= 0.6 is 0 Å². The number of hydrogen-bond donors (Lipinski definition) is 4. The molecule has 1 rings (SSSR count). The quantitative estimate of drug-likeness (QED) is 0.590. The second-order valence-electron chi connectivity index (χ2n) is 4.56. The first kappa shape index (κ1) is 15.3. The maximum absolute atomic E-state index is 11.8. The molecule has 5 heteroatoms. The van der Waals surface area contributed by atoms with E-state index in [9.17, 15) is 15.0 Å². The smallest absolute Gasteiger partial charge is 0.251 e. The first-order valence-corrected chi connectivity index (χ1v) is 6.47. The van der Waals surface area contributed by atoms with Crippen molar-refractivity contribution in [3.63, 3.8) is 0 Å². The number of aromatic hydroxyl groups is 2. The van der Waals surface area contributed by atoms with Crippen molar-refractivity contribution in [2.45, 2.75) is 32.8 Å². The second-order valence-corrected chi connectivity index (χ2v) is 4.56. The van der Waals surface area contributed by atoms with Crippen LogP contribution in [0.15, 0.2) is 18.2 Å². The minimum absolute atomic E-state index is 0.161. The van der Waals surface area contributed by atoms with Crippen molar-refractivity contribution in [3.8, 4) is 11.5 Å². The molecule has 0 aliphatic heterocycles. The molecule has 0 heterocycles. The van der Waals surface area contributed by atoms with E-state index in [1.54, 1.807) is 0 Å². The van der Waals surface area contributed by atoms with Gasteiger partial charge in [0.05, 0.1) is 6.10 Å². The molecule has 0 fully saturated rings. The van der Waals surface area contributed by atoms with Crippen LogP contribution in [0, 0.1) is 5.92 Å². The van der Waals surface area contributed by atoms with Gasteiger partial charge in [0.2, 0.25) is 0 Å². The molecule has 0 aliphatic rings. The average Bonchev–Trinajstić information content (AvgIpc) is 2.40. The Morgan fingerprint density at radius 1 is 1.21 bits per heavy atom. The Balaban J connectivity index is 2.58. The lowest BCUT2D eigenvalue weighted by Gasteiger charge is -2.20. The zero-order chi connectivity index (χ0) is 14.4. The topological polar surface area (TPSA) is 89.8 Å². The summed E-state index contributed by atoms with van der Waals surface area (Å²) in [6.45, 7) is 4.17. The zero-order valence-corrected chi connectivity index (χ0v) is 11.3. The summed E-state index contributed by atoms with van der Waals surface area (Å²) in [6, 6.07) is 3.85. The first-order valence-electron chi connectivity index (χ1n) is 6.47. The SMILES string of the molecule is CCC(CC)C(O)CNC(=O)c1ccc(O)c(O)c1. The predicted molar refractivity (Wildman–Crippen MR) is 72.2 cm³/mol. The van der Waals surface area contributed by atoms with Gasteiger partial charge >= 0.3 is 0 Å². The number of rotatable bonds is 6. The summed E-state index contributed by atoms with van der Waals surface area (Å²) in [5.41, 5.74) is 0.243. The fraction of sp³-hybridized carbons (Fsp3) is 0.500. The Kier molecular flexibility index (Phi) is 5.63. The number of benzene rings is 1. The third-order valence-corrected chi connectivity index (χ3v) is 3.30. The summed E-state index contributed by atoms with van der Waals surface area (Å²) in [7, 11) is 0. The number of phenolic OH excluding ortho intramolecular Hbond substituents is 2. The molecule has 19 heavy (non-hydrogen) atoms. The molecule has 5 nitrogen and oxygen atoms in total. The van der Waals surface area contributed by atoms with Crippen LogP contribution in [0.25, 0.3) is 0 Å². The summed E-state index contributed by atoms with van der Waals surface area (Å²) in [6.07, 6.45) is 1.13. The second kappa shape index (κ2) is 6.99. The van der Waals surface area contributed by atoms with Gasteiger partial charge in [-0.2, -0.15) is 0 Å².